The molecule has 9 nitrogen and oxygen atoms in total. The average molecular weight is 386 g/mol. The van der Waals surface area contributed by atoms with Gasteiger partial charge < -0.3 is 14.8 Å². The van der Waals surface area contributed by atoms with Gasteiger partial charge in [0.25, 0.3) is 0 Å². The van der Waals surface area contributed by atoms with Crippen LogP contribution in [-0.4, -0.2) is 37.3 Å². The number of halogens is 1. The molecule has 0 spiro atoms. The maximum atomic E-state index is 13.1. The van der Waals surface area contributed by atoms with E-state index in [2.05, 4.69) is 25.8 Å². The quantitative estimate of drug-likeness (QED) is 0.694. The van der Waals surface area contributed by atoms with E-state index >= 15 is 0 Å². The second-order valence-electron chi connectivity index (χ2n) is 6.20. The highest BCUT2D eigenvalue weighted by molar-refractivity contribution is 5.69. The first-order valence-corrected chi connectivity index (χ1v) is 8.54. The molecule has 0 aliphatic carbocycles. The molecule has 1 amide bonds. The lowest BCUT2D eigenvalue weighted by Crippen LogP contribution is -2.32. The summed E-state index contributed by atoms with van der Waals surface area (Å²) in [5, 5.41) is 18.4. The maximum Gasteiger partial charge on any atom is 0.414 e. The van der Waals surface area contributed by atoms with Crippen LogP contribution in [-0.2, 0) is 6.61 Å². The number of rotatable bonds is 6. The lowest BCUT2D eigenvalue weighted by atomic mass is 10.3. The molecule has 0 unspecified atom stereocenters. The molecule has 1 aromatic carbocycles. The highest BCUT2D eigenvalue weighted by atomic mass is 19.1. The number of nitrogens with one attached hydrogen (secondary N) is 1. The molecule has 2 heterocycles. The number of carbonyl (C=O) groups is 1. The Morgan fingerprint density at radius 2 is 1.79 bits per heavy atom. The number of carbonyl (C=O) groups excluding carboxylic acids is 1. The summed E-state index contributed by atoms with van der Waals surface area (Å²) in [7, 11) is 0. The van der Waals surface area contributed by atoms with Crippen molar-refractivity contribution in [1.82, 2.24) is 30.5 Å². The summed E-state index contributed by atoms with van der Waals surface area (Å²) in [6, 6.07) is 8.85. The van der Waals surface area contributed by atoms with E-state index < -0.39 is 6.09 Å². The summed E-state index contributed by atoms with van der Waals surface area (Å²) in [6.45, 7) is 5.55. The molecule has 1 N–H and O–H groups in total. The number of aryl methyl sites for hydroxylation is 1. The zero-order chi connectivity index (χ0) is 20.1. The lowest BCUT2D eigenvalue weighted by molar-refractivity contribution is 0.194. The van der Waals surface area contributed by atoms with E-state index in [-0.39, 0.29) is 30.2 Å². The van der Waals surface area contributed by atoms with E-state index in [1.807, 2.05) is 13.8 Å². The van der Waals surface area contributed by atoms with Crippen molar-refractivity contribution >= 4 is 6.09 Å². The van der Waals surface area contributed by atoms with Crippen LogP contribution in [0.2, 0.25) is 0 Å². The molecule has 0 aliphatic rings. The first kappa shape index (κ1) is 19.2. The minimum Gasteiger partial charge on any atom is -0.470 e. The van der Waals surface area contributed by atoms with Gasteiger partial charge in [-0.1, -0.05) is 5.21 Å². The molecule has 0 saturated heterocycles. The van der Waals surface area contributed by atoms with Crippen LogP contribution in [0.1, 0.15) is 25.2 Å². The molecule has 0 fully saturated rings. The molecule has 0 radical (unpaired) electrons. The highest BCUT2D eigenvalue weighted by Gasteiger charge is 2.13. The van der Waals surface area contributed by atoms with Crippen LogP contribution in [0.5, 0.6) is 11.8 Å². The monoisotopic (exact) mass is 386 g/mol. The van der Waals surface area contributed by atoms with E-state index in [9.17, 15) is 9.18 Å². The third kappa shape index (κ3) is 4.78. The van der Waals surface area contributed by atoms with Gasteiger partial charge >= 0.3 is 6.09 Å². The van der Waals surface area contributed by atoms with Crippen LogP contribution >= 0.6 is 0 Å². The van der Waals surface area contributed by atoms with Crippen molar-refractivity contribution in [1.29, 1.82) is 0 Å². The van der Waals surface area contributed by atoms with Gasteiger partial charge in [-0.15, -0.1) is 15.3 Å². The summed E-state index contributed by atoms with van der Waals surface area (Å²) in [4.78, 5) is 11.5. The number of amides is 1. The first-order chi connectivity index (χ1) is 13.4. The van der Waals surface area contributed by atoms with Crippen molar-refractivity contribution in [2.75, 3.05) is 0 Å². The molecular weight excluding hydrogens is 367 g/mol. The first-order valence-electron chi connectivity index (χ1n) is 8.54. The summed E-state index contributed by atoms with van der Waals surface area (Å²) in [5.74, 6) is -0.0411. The van der Waals surface area contributed by atoms with Gasteiger partial charge in [-0.2, -0.15) is 0 Å². The Morgan fingerprint density at radius 3 is 2.43 bits per heavy atom. The van der Waals surface area contributed by atoms with Crippen molar-refractivity contribution in [3.8, 4) is 17.4 Å². The van der Waals surface area contributed by atoms with Crippen LogP contribution in [0.25, 0.3) is 5.69 Å². The normalized spacial score (nSPS) is 10.8. The maximum absolute atomic E-state index is 13.1. The van der Waals surface area contributed by atoms with E-state index in [0.717, 1.165) is 0 Å². The number of ether oxygens (including phenoxy) is 2. The summed E-state index contributed by atoms with van der Waals surface area (Å²) in [6.07, 6.45) is -0.608. The van der Waals surface area contributed by atoms with Gasteiger partial charge in [-0.05, 0) is 45.0 Å². The van der Waals surface area contributed by atoms with Crippen molar-refractivity contribution < 1.29 is 18.7 Å². The standard InChI is InChI=1S/C18H19FN6O3/c1-11(2)20-18(26)28-17-9-8-16(22-23-17)27-10-15-12(3)21-24-25(15)14-6-4-13(19)5-7-14/h4-9,11H,10H2,1-3H3,(H,20,26). The van der Waals surface area contributed by atoms with Gasteiger partial charge in [0.05, 0.1) is 11.4 Å². The molecule has 146 valence electrons. The highest BCUT2D eigenvalue weighted by Crippen LogP contribution is 2.16. The van der Waals surface area contributed by atoms with Gasteiger partial charge in [0, 0.05) is 18.2 Å². The number of nitrogens with zero attached hydrogens (tertiary/aromatic N) is 5. The van der Waals surface area contributed by atoms with Crippen molar-refractivity contribution in [3.63, 3.8) is 0 Å². The van der Waals surface area contributed by atoms with Gasteiger partial charge in [0.2, 0.25) is 11.8 Å². The van der Waals surface area contributed by atoms with Crippen molar-refractivity contribution in [3.05, 3.63) is 53.6 Å². The van der Waals surface area contributed by atoms with E-state index in [4.69, 9.17) is 9.47 Å². The molecule has 10 heteroatoms. The van der Waals surface area contributed by atoms with Gasteiger partial charge in [0.15, 0.2) is 0 Å². The minimum absolute atomic E-state index is 0.0501. The van der Waals surface area contributed by atoms with E-state index in [1.165, 1.54) is 24.3 Å². The Kier molecular flexibility index (Phi) is 5.78. The van der Waals surface area contributed by atoms with Gasteiger partial charge in [0.1, 0.15) is 18.1 Å². The topological polar surface area (TPSA) is 104 Å². The number of benzene rings is 1. The molecule has 0 atom stereocenters. The minimum atomic E-state index is -0.608. The zero-order valence-electron chi connectivity index (χ0n) is 15.6. The molecule has 0 bridgehead atoms. The number of hydrogen-bond donors (Lipinski definition) is 1. The lowest BCUT2D eigenvalue weighted by Gasteiger charge is -2.09. The molecule has 0 aliphatic heterocycles. The van der Waals surface area contributed by atoms with E-state index in [1.54, 1.807) is 23.7 Å². The fourth-order valence-electron chi connectivity index (χ4n) is 2.27. The second kappa shape index (κ2) is 8.42. The molecular formula is C18H19FN6O3. The van der Waals surface area contributed by atoms with Crippen molar-refractivity contribution in [2.45, 2.75) is 33.4 Å². The Morgan fingerprint density at radius 1 is 1.11 bits per heavy atom. The molecule has 2 aromatic heterocycles. The second-order valence-corrected chi connectivity index (χ2v) is 6.20. The average Bonchev–Trinajstić information content (AvgIpc) is 3.02. The van der Waals surface area contributed by atoms with Crippen LogP contribution in [0.15, 0.2) is 36.4 Å². The number of hydrogen-bond acceptors (Lipinski definition) is 7. The van der Waals surface area contributed by atoms with Gasteiger partial charge in [-0.25, -0.2) is 13.9 Å². The zero-order valence-corrected chi connectivity index (χ0v) is 15.6. The van der Waals surface area contributed by atoms with Crippen LogP contribution in [0, 0.1) is 12.7 Å². The summed E-state index contributed by atoms with van der Waals surface area (Å²) in [5.41, 5.74) is 2.01. The van der Waals surface area contributed by atoms with Crippen molar-refractivity contribution in [2.24, 2.45) is 0 Å². The third-order valence-corrected chi connectivity index (χ3v) is 3.60. The Hall–Kier alpha value is -3.56. The van der Waals surface area contributed by atoms with Crippen LogP contribution in [0.3, 0.4) is 0 Å². The predicted molar refractivity (Wildman–Crippen MR) is 96.7 cm³/mol. The largest absolute Gasteiger partial charge is 0.470 e. The summed E-state index contributed by atoms with van der Waals surface area (Å²) >= 11 is 0. The van der Waals surface area contributed by atoms with Crippen LogP contribution in [0.4, 0.5) is 9.18 Å². The Balaban J connectivity index is 1.65. The fourth-order valence-corrected chi connectivity index (χ4v) is 2.27. The SMILES string of the molecule is Cc1nnn(-c2ccc(F)cc2)c1COc1ccc(OC(=O)NC(C)C)nn1. The molecule has 3 aromatic rings. The Labute approximate surface area is 160 Å². The predicted octanol–water partition coefficient (Wildman–Crippen LogP) is 2.58. The van der Waals surface area contributed by atoms with Crippen LogP contribution < -0.4 is 14.8 Å². The third-order valence-electron chi connectivity index (χ3n) is 3.60. The van der Waals surface area contributed by atoms with E-state index in [0.29, 0.717) is 17.1 Å². The van der Waals surface area contributed by atoms with Gasteiger partial charge in [-0.3, -0.25) is 0 Å². The number of aromatic nitrogens is 5. The smallest absolute Gasteiger partial charge is 0.414 e. The molecule has 0 saturated carbocycles. The summed E-state index contributed by atoms with van der Waals surface area (Å²) < 4.78 is 25.3. The molecule has 3 rings (SSSR count). The fraction of sp³-hybridized carbons (Fsp3) is 0.278. The Bertz CT molecular complexity index is 941. The molecule has 28 heavy (non-hydrogen) atoms.